The number of hydrogen-bond acceptors (Lipinski definition) is 0. The van der Waals surface area contributed by atoms with Crippen molar-refractivity contribution in [1.29, 1.82) is 0 Å². The van der Waals surface area contributed by atoms with E-state index in [2.05, 4.69) is 0 Å². The maximum absolute atomic E-state index is 14.2. The van der Waals surface area contributed by atoms with Gasteiger partial charge in [-0.2, -0.15) is 0 Å². The van der Waals surface area contributed by atoms with Crippen molar-refractivity contribution in [3.8, 4) is 22.3 Å². The van der Waals surface area contributed by atoms with E-state index in [0.717, 1.165) is 11.1 Å². The minimum absolute atomic E-state index is 0.0801. The summed E-state index contributed by atoms with van der Waals surface area (Å²) in [5.41, 5.74) is -3.51. The third-order valence-electron chi connectivity index (χ3n) is 12.5. The van der Waals surface area contributed by atoms with Gasteiger partial charge in [-0.3, -0.25) is 0 Å². The summed E-state index contributed by atoms with van der Waals surface area (Å²) in [5, 5.41) is 0. The SMILES string of the molecule is Cc1ccc2c(c1-c1cc(C(F)(F)F)cc(C(F)(F)F)c1)C=C(C(C)(C)C)[CH]2[Zr]([Cl])([Cl])([CH]1C(C(C)(C)C)=Cc2c1ccc(C)c2-c1cc(C(F)(F)F)cc(C(F)(F)F)c1)[SiH](C)C. The topological polar surface area (TPSA) is 0 Å². The molecule has 0 aliphatic heterocycles. The summed E-state index contributed by atoms with van der Waals surface area (Å²) in [6.45, 7) is 18.7. The van der Waals surface area contributed by atoms with Gasteiger partial charge in [0.1, 0.15) is 0 Å². The molecule has 0 radical (unpaired) electrons. The van der Waals surface area contributed by atoms with Crippen molar-refractivity contribution in [2.24, 2.45) is 10.8 Å². The van der Waals surface area contributed by atoms with Gasteiger partial charge in [0.05, 0.1) is 0 Å². The van der Waals surface area contributed by atoms with Crippen LogP contribution in [0.3, 0.4) is 0 Å². The maximum atomic E-state index is 14.2. The van der Waals surface area contributed by atoms with Crippen LogP contribution in [-0.4, -0.2) is 5.92 Å². The van der Waals surface area contributed by atoms with E-state index in [1.165, 1.54) is 0 Å². The van der Waals surface area contributed by atoms with Crippen LogP contribution < -0.4 is 0 Å². The molecule has 62 heavy (non-hydrogen) atoms. The third-order valence-corrected chi connectivity index (χ3v) is 64.1. The van der Waals surface area contributed by atoms with Gasteiger partial charge in [-0.05, 0) is 0 Å². The van der Waals surface area contributed by atoms with Crippen LogP contribution in [-0.2, 0) is 40.3 Å². The molecule has 0 saturated heterocycles. The second-order valence-electron chi connectivity index (χ2n) is 19.1. The Hall–Kier alpha value is -2.80. The zero-order chi connectivity index (χ0) is 46.9. The molecular weight excluding hydrogens is 971 g/mol. The molecular formula is C46H45Cl2F12SiZr. The van der Waals surface area contributed by atoms with Crippen LogP contribution >= 0.6 is 17.0 Å². The van der Waals surface area contributed by atoms with E-state index in [0.29, 0.717) is 57.6 Å². The van der Waals surface area contributed by atoms with Gasteiger partial charge in [-0.1, -0.05) is 0 Å². The van der Waals surface area contributed by atoms with Gasteiger partial charge in [0.2, 0.25) is 0 Å². The Morgan fingerprint density at radius 1 is 0.468 bits per heavy atom. The van der Waals surface area contributed by atoms with Crippen molar-refractivity contribution in [3.05, 3.63) is 127 Å². The van der Waals surface area contributed by atoms with Crippen LogP contribution in [0.2, 0.25) is 13.1 Å². The molecule has 4 aromatic rings. The first-order chi connectivity index (χ1) is 27.9. The van der Waals surface area contributed by atoms with Crippen LogP contribution in [0.4, 0.5) is 52.7 Å². The summed E-state index contributed by atoms with van der Waals surface area (Å²) in [6, 6.07) is 9.80. The van der Waals surface area contributed by atoms with E-state index in [1.807, 2.05) is 54.6 Å². The first kappa shape index (κ1) is 48.7. The molecule has 2 aliphatic carbocycles. The normalized spacial score (nSPS) is 18.4. The van der Waals surface area contributed by atoms with Crippen molar-refractivity contribution < 1.29 is 68.2 Å². The molecule has 0 fully saturated rings. The van der Waals surface area contributed by atoms with Gasteiger partial charge >= 0.3 is 364 Å². The first-order valence-electron chi connectivity index (χ1n) is 19.8. The molecule has 0 nitrogen and oxygen atoms in total. The van der Waals surface area contributed by atoms with Gasteiger partial charge in [0.15, 0.2) is 0 Å². The molecule has 2 unspecified atom stereocenters. The van der Waals surface area contributed by atoms with Crippen molar-refractivity contribution >= 4 is 35.1 Å². The number of aryl methyl sites for hydroxylation is 2. The number of hydrogen-bond donors (Lipinski definition) is 0. The number of rotatable bonds is 5. The monoisotopic (exact) mass is 1010 g/mol. The fourth-order valence-electron chi connectivity index (χ4n) is 9.40. The second kappa shape index (κ2) is 15.1. The fraction of sp³-hybridized carbons (Fsp3) is 0.391. The standard InChI is InChI=1S/2C22H19F6.C2H7Si.2ClH.Zr/c2*1-12-5-6-13-7-15(20(2,3)4)11-18(13)19(12)14-8-16(21(23,24)25)10-17(9-14)22(26,27)28;1-3-2;;;/h2*5-11H,1-4H3;3H,1-2H3;2*1H;/q;;;;;+2/p-2. The van der Waals surface area contributed by atoms with Crippen LogP contribution in [0.1, 0.15) is 104 Å². The quantitative estimate of drug-likeness (QED) is 0.138. The molecule has 0 aromatic heterocycles. The fourth-order valence-corrected chi connectivity index (χ4v) is 40.8. The second-order valence-corrected chi connectivity index (χ2v) is 61.6. The van der Waals surface area contributed by atoms with Crippen LogP contribution in [0.25, 0.3) is 34.4 Å². The summed E-state index contributed by atoms with van der Waals surface area (Å²) in [4.78, 5) is 0. The van der Waals surface area contributed by atoms with Gasteiger partial charge in [0, 0.05) is 0 Å². The van der Waals surface area contributed by atoms with Crippen LogP contribution in [0.15, 0.2) is 71.8 Å². The summed E-state index contributed by atoms with van der Waals surface area (Å²) < 4.78 is 169. The molecule has 2 aliphatic rings. The average Bonchev–Trinajstić information content (AvgIpc) is 3.71. The predicted molar refractivity (Wildman–Crippen MR) is 224 cm³/mol. The molecule has 2 atom stereocenters. The molecule has 0 bridgehead atoms. The predicted octanol–water partition coefficient (Wildman–Crippen LogP) is 17.4. The number of fused-ring (bicyclic) bond motifs is 2. The molecule has 16 heteroatoms. The van der Waals surface area contributed by atoms with Crippen molar-refractivity contribution in [3.63, 3.8) is 0 Å². The van der Waals surface area contributed by atoms with Crippen molar-refractivity contribution in [2.45, 2.75) is 100 Å². The first-order valence-corrected chi connectivity index (χ1v) is 36.1. The average molecular weight is 1020 g/mol. The van der Waals surface area contributed by atoms with E-state index < -0.39 is 86.5 Å². The molecule has 0 amide bonds. The van der Waals surface area contributed by atoms with Gasteiger partial charge < -0.3 is 0 Å². The molecule has 0 heterocycles. The van der Waals surface area contributed by atoms with E-state index in [4.69, 9.17) is 17.0 Å². The summed E-state index contributed by atoms with van der Waals surface area (Å²) in [5.74, 6) is -2.42. The van der Waals surface area contributed by atoms with Crippen molar-refractivity contribution in [2.75, 3.05) is 0 Å². The third kappa shape index (κ3) is 8.34. The summed E-state index contributed by atoms with van der Waals surface area (Å²) >= 11 is -5.93. The zero-order valence-electron chi connectivity index (χ0n) is 35.5. The Balaban J connectivity index is 1.71. The molecule has 0 spiro atoms. The Morgan fingerprint density at radius 2 is 0.742 bits per heavy atom. The molecule has 4 aromatic carbocycles. The zero-order valence-corrected chi connectivity index (χ0v) is 40.6. The van der Waals surface area contributed by atoms with Crippen LogP contribution in [0, 0.1) is 24.7 Å². The van der Waals surface area contributed by atoms with E-state index in [-0.39, 0.29) is 34.4 Å². The van der Waals surface area contributed by atoms with E-state index in [1.54, 1.807) is 50.3 Å². The molecule has 0 saturated carbocycles. The van der Waals surface area contributed by atoms with Crippen molar-refractivity contribution in [1.82, 2.24) is 0 Å². The van der Waals surface area contributed by atoms with E-state index in [9.17, 15) is 52.7 Å². The number of alkyl halides is 12. The Bertz CT molecular complexity index is 2310. The van der Waals surface area contributed by atoms with Gasteiger partial charge in [0.25, 0.3) is 0 Å². The molecule has 0 N–H and O–H groups in total. The van der Waals surface area contributed by atoms with E-state index >= 15 is 0 Å². The molecule has 335 valence electrons. The van der Waals surface area contributed by atoms with Gasteiger partial charge in [-0.25, -0.2) is 0 Å². The summed E-state index contributed by atoms with van der Waals surface area (Å²) in [6.07, 6.45) is -16.8. The minimum atomic E-state index is -5.93. The van der Waals surface area contributed by atoms with Crippen LogP contribution in [0.5, 0.6) is 0 Å². The Kier molecular flexibility index (Phi) is 11.9. The Labute approximate surface area is 362 Å². The number of halogens is 14. The number of benzene rings is 4. The summed E-state index contributed by atoms with van der Waals surface area (Å²) in [7, 11) is 17.2. The number of allylic oxidation sites excluding steroid dienone is 2. The Morgan fingerprint density at radius 3 is 0.968 bits per heavy atom. The molecule has 6 rings (SSSR count). The van der Waals surface area contributed by atoms with Gasteiger partial charge in [-0.15, -0.1) is 0 Å².